The number of rotatable bonds is 6. The summed E-state index contributed by atoms with van der Waals surface area (Å²) in [5, 5.41) is 13.6. The van der Waals surface area contributed by atoms with Crippen molar-refractivity contribution in [1.82, 2.24) is 10.2 Å². The van der Waals surface area contributed by atoms with Gasteiger partial charge < -0.3 is 15.8 Å². The molecule has 4 rings (SSSR count). The lowest BCUT2D eigenvalue weighted by atomic mass is 10.1. The number of hydrogen-bond acceptors (Lipinski definition) is 5. The Balaban J connectivity index is 1.37. The second kappa shape index (κ2) is 7.74. The molecule has 0 saturated heterocycles. The van der Waals surface area contributed by atoms with E-state index in [0.29, 0.717) is 5.69 Å². The zero-order valence-corrected chi connectivity index (χ0v) is 14.8. The van der Waals surface area contributed by atoms with Crippen LogP contribution in [0.3, 0.4) is 0 Å². The molecule has 0 fully saturated rings. The summed E-state index contributed by atoms with van der Waals surface area (Å²) in [4.78, 5) is 0. The van der Waals surface area contributed by atoms with Crippen molar-refractivity contribution in [2.75, 3.05) is 17.6 Å². The largest absolute Gasteiger partial charge is 0.457 e. The molecular formula is C22H20N4O. The predicted molar refractivity (Wildman–Crippen MR) is 109 cm³/mol. The fourth-order valence-electron chi connectivity index (χ4n) is 2.90. The molecule has 1 aromatic heterocycles. The maximum atomic E-state index is 5.89. The Hall–Kier alpha value is -3.60. The molecule has 3 N–H and O–H groups in total. The van der Waals surface area contributed by atoms with Crippen molar-refractivity contribution >= 4 is 22.3 Å². The van der Waals surface area contributed by atoms with Crippen molar-refractivity contribution in [3.63, 3.8) is 0 Å². The summed E-state index contributed by atoms with van der Waals surface area (Å²) in [6.07, 6.45) is 2.61. The van der Waals surface area contributed by atoms with Gasteiger partial charge in [0.15, 0.2) is 5.82 Å². The maximum Gasteiger partial charge on any atom is 0.156 e. The second-order valence-electron chi connectivity index (χ2n) is 6.28. The first kappa shape index (κ1) is 16.8. The molecule has 1 heterocycles. The van der Waals surface area contributed by atoms with Crippen molar-refractivity contribution in [1.29, 1.82) is 0 Å². The van der Waals surface area contributed by atoms with Gasteiger partial charge in [0.1, 0.15) is 11.5 Å². The highest BCUT2D eigenvalue weighted by Gasteiger charge is 2.04. The summed E-state index contributed by atoms with van der Waals surface area (Å²) in [6, 6.07) is 23.6. The third kappa shape index (κ3) is 4.15. The minimum atomic E-state index is 0.715. The van der Waals surface area contributed by atoms with Gasteiger partial charge in [0.2, 0.25) is 0 Å². The molecule has 5 heteroatoms. The molecule has 3 aromatic carbocycles. The van der Waals surface area contributed by atoms with Crippen LogP contribution in [0.5, 0.6) is 11.5 Å². The average Bonchev–Trinajstić information content (AvgIpc) is 2.70. The number of nitrogens with zero attached hydrogens (tertiary/aromatic N) is 2. The third-order valence-corrected chi connectivity index (χ3v) is 4.30. The van der Waals surface area contributed by atoms with E-state index in [2.05, 4.69) is 27.6 Å². The van der Waals surface area contributed by atoms with Crippen LogP contribution in [-0.4, -0.2) is 16.7 Å². The molecule has 0 saturated carbocycles. The van der Waals surface area contributed by atoms with Gasteiger partial charge in [-0.15, -0.1) is 5.10 Å². The number of para-hydroxylation sites is 1. The second-order valence-corrected chi connectivity index (χ2v) is 6.28. The van der Waals surface area contributed by atoms with Gasteiger partial charge in [0.05, 0.1) is 6.20 Å². The van der Waals surface area contributed by atoms with E-state index >= 15 is 0 Å². The number of nitrogens with one attached hydrogen (secondary N) is 1. The Morgan fingerprint density at radius 1 is 0.889 bits per heavy atom. The first-order valence-corrected chi connectivity index (χ1v) is 8.84. The Kier molecular flexibility index (Phi) is 4.83. The van der Waals surface area contributed by atoms with Crippen LogP contribution in [0.15, 0.2) is 79.0 Å². The molecule has 0 aliphatic carbocycles. The summed E-state index contributed by atoms with van der Waals surface area (Å²) in [5.41, 5.74) is 7.83. The van der Waals surface area contributed by atoms with Gasteiger partial charge in [-0.1, -0.05) is 36.4 Å². The van der Waals surface area contributed by atoms with E-state index in [9.17, 15) is 0 Å². The van der Waals surface area contributed by atoms with Gasteiger partial charge in [-0.2, -0.15) is 5.10 Å². The van der Waals surface area contributed by atoms with Crippen LogP contribution in [0, 0.1) is 0 Å². The summed E-state index contributed by atoms with van der Waals surface area (Å²) < 4.78 is 5.82. The molecule has 0 aliphatic heterocycles. The molecule has 0 radical (unpaired) electrons. The number of hydrogen-bond donors (Lipinski definition) is 2. The van der Waals surface area contributed by atoms with E-state index in [0.717, 1.165) is 41.1 Å². The smallest absolute Gasteiger partial charge is 0.156 e. The van der Waals surface area contributed by atoms with Gasteiger partial charge in [0, 0.05) is 23.0 Å². The van der Waals surface area contributed by atoms with Crippen LogP contribution in [0.25, 0.3) is 10.8 Å². The molecule has 0 amide bonds. The number of anilines is 2. The molecular weight excluding hydrogens is 336 g/mol. The van der Waals surface area contributed by atoms with Crippen molar-refractivity contribution in [3.05, 3.63) is 84.6 Å². The first-order valence-electron chi connectivity index (χ1n) is 8.84. The number of benzene rings is 3. The van der Waals surface area contributed by atoms with Crippen molar-refractivity contribution in [2.24, 2.45) is 0 Å². The molecule has 0 unspecified atom stereocenters. The Morgan fingerprint density at radius 2 is 1.67 bits per heavy atom. The SMILES string of the molecule is Nc1ccc2cnnc(NCCc3ccc(Oc4ccccc4)cc3)c2c1. The topological polar surface area (TPSA) is 73.1 Å². The number of ether oxygens (including phenoxy) is 1. The van der Waals surface area contributed by atoms with Crippen LogP contribution in [-0.2, 0) is 6.42 Å². The molecule has 27 heavy (non-hydrogen) atoms. The zero-order chi connectivity index (χ0) is 18.5. The maximum absolute atomic E-state index is 5.89. The first-order chi connectivity index (χ1) is 13.3. The Morgan fingerprint density at radius 3 is 2.48 bits per heavy atom. The number of fused-ring (bicyclic) bond motifs is 1. The van der Waals surface area contributed by atoms with Gasteiger partial charge >= 0.3 is 0 Å². The number of nitrogens with two attached hydrogens (primary N) is 1. The van der Waals surface area contributed by atoms with E-state index in [1.54, 1.807) is 6.20 Å². The quantitative estimate of drug-likeness (QED) is 0.492. The normalized spacial score (nSPS) is 10.7. The third-order valence-electron chi connectivity index (χ3n) is 4.30. The summed E-state index contributed by atoms with van der Waals surface area (Å²) in [6.45, 7) is 0.751. The molecule has 4 aromatic rings. The van der Waals surface area contributed by atoms with Crippen molar-refractivity contribution < 1.29 is 4.74 Å². The van der Waals surface area contributed by atoms with Crippen LogP contribution < -0.4 is 15.8 Å². The van der Waals surface area contributed by atoms with Crippen LogP contribution in [0.1, 0.15) is 5.56 Å². The minimum Gasteiger partial charge on any atom is -0.457 e. The van der Waals surface area contributed by atoms with E-state index in [1.807, 2.05) is 60.7 Å². The van der Waals surface area contributed by atoms with Gasteiger partial charge in [-0.3, -0.25) is 0 Å². The van der Waals surface area contributed by atoms with Gasteiger partial charge in [-0.05, 0) is 48.4 Å². The lowest BCUT2D eigenvalue weighted by molar-refractivity contribution is 0.482. The monoisotopic (exact) mass is 356 g/mol. The number of nitrogen functional groups attached to an aromatic ring is 1. The van der Waals surface area contributed by atoms with E-state index in [1.165, 1.54) is 5.56 Å². The molecule has 5 nitrogen and oxygen atoms in total. The van der Waals surface area contributed by atoms with E-state index < -0.39 is 0 Å². The summed E-state index contributed by atoms with van der Waals surface area (Å²) in [7, 11) is 0. The fraction of sp³-hybridized carbons (Fsp3) is 0.0909. The highest BCUT2D eigenvalue weighted by atomic mass is 16.5. The minimum absolute atomic E-state index is 0.715. The van der Waals surface area contributed by atoms with Crippen LogP contribution >= 0.6 is 0 Å². The lowest BCUT2D eigenvalue weighted by Crippen LogP contribution is -2.07. The fourth-order valence-corrected chi connectivity index (χ4v) is 2.90. The van der Waals surface area contributed by atoms with Crippen molar-refractivity contribution in [3.8, 4) is 11.5 Å². The number of aromatic nitrogens is 2. The molecule has 134 valence electrons. The van der Waals surface area contributed by atoms with Crippen LogP contribution in [0.4, 0.5) is 11.5 Å². The van der Waals surface area contributed by atoms with Crippen molar-refractivity contribution in [2.45, 2.75) is 6.42 Å². The van der Waals surface area contributed by atoms with Crippen LogP contribution in [0.2, 0.25) is 0 Å². The zero-order valence-electron chi connectivity index (χ0n) is 14.8. The molecule has 0 atom stereocenters. The average molecular weight is 356 g/mol. The van der Waals surface area contributed by atoms with Gasteiger partial charge in [0.25, 0.3) is 0 Å². The lowest BCUT2D eigenvalue weighted by Gasteiger charge is -2.09. The standard InChI is InChI=1S/C22H20N4O/c23-18-9-8-17-15-25-26-22(21(17)14-18)24-13-12-16-6-10-20(11-7-16)27-19-4-2-1-3-5-19/h1-11,14-15H,12-13,23H2,(H,24,26). The molecule has 0 aliphatic rings. The van der Waals surface area contributed by atoms with Gasteiger partial charge in [-0.25, -0.2) is 0 Å². The Labute approximate surface area is 157 Å². The molecule has 0 bridgehead atoms. The predicted octanol–water partition coefficient (Wildman–Crippen LogP) is 4.66. The summed E-state index contributed by atoms with van der Waals surface area (Å²) in [5.74, 6) is 2.41. The highest BCUT2D eigenvalue weighted by Crippen LogP contribution is 2.23. The Bertz CT molecular complexity index is 1030. The molecule has 0 spiro atoms. The highest BCUT2D eigenvalue weighted by molar-refractivity contribution is 5.93. The van der Waals surface area contributed by atoms with E-state index in [4.69, 9.17) is 10.5 Å². The van der Waals surface area contributed by atoms with E-state index in [-0.39, 0.29) is 0 Å². The summed E-state index contributed by atoms with van der Waals surface area (Å²) >= 11 is 0.